The number of aryl methyl sites for hydroxylation is 1. The van der Waals surface area contributed by atoms with E-state index in [1.165, 1.54) is 6.07 Å². The van der Waals surface area contributed by atoms with Gasteiger partial charge in [0, 0.05) is 30.7 Å². The number of hydrogen-bond donors (Lipinski definition) is 3. The summed E-state index contributed by atoms with van der Waals surface area (Å²) in [5.41, 5.74) is 8.97. The molecule has 3 heterocycles. The number of benzene rings is 1. The first-order valence-corrected chi connectivity index (χ1v) is 10.8. The molecule has 3 atom stereocenters. The number of carbonyl (C=O) groups is 1. The summed E-state index contributed by atoms with van der Waals surface area (Å²) < 4.78 is 23.1. The minimum Gasteiger partial charge on any atom is -0.507 e. The second-order valence-corrected chi connectivity index (χ2v) is 9.26. The van der Waals surface area contributed by atoms with Gasteiger partial charge in [-0.1, -0.05) is 0 Å². The maximum absolute atomic E-state index is 12.9. The lowest BCUT2D eigenvalue weighted by atomic mass is 9.89. The van der Waals surface area contributed by atoms with Crippen LogP contribution in [0.15, 0.2) is 26.3 Å². The van der Waals surface area contributed by atoms with Gasteiger partial charge in [-0.25, -0.2) is 4.79 Å². The first kappa shape index (κ1) is 22.9. The van der Waals surface area contributed by atoms with Crippen LogP contribution in [0.2, 0.25) is 0 Å². The van der Waals surface area contributed by atoms with Gasteiger partial charge in [0.2, 0.25) is 0 Å². The Labute approximate surface area is 190 Å². The highest BCUT2D eigenvalue weighted by Gasteiger charge is 2.60. The Kier molecular flexibility index (Phi) is 5.52. The molecule has 1 saturated heterocycles. The van der Waals surface area contributed by atoms with E-state index >= 15 is 0 Å². The van der Waals surface area contributed by atoms with Crippen LogP contribution in [0.1, 0.15) is 44.9 Å². The van der Waals surface area contributed by atoms with Gasteiger partial charge in [0.25, 0.3) is 0 Å². The maximum Gasteiger partial charge on any atom is 0.341 e. The minimum absolute atomic E-state index is 0.0256. The number of hydrogen-bond acceptors (Lipinski definition) is 8. The largest absolute Gasteiger partial charge is 0.507 e. The van der Waals surface area contributed by atoms with E-state index < -0.39 is 23.3 Å². The van der Waals surface area contributed by atoms with Crippen molar-refractivity contribution in [1.82, 2.24) is 0 Å². The van der Waals surface area contributed by atoms with Crippen molar-refractivity contribution in [3.8, 4) is 11.5 Å². The van der Waals surface area contributed by atoms with Crippen LogP contribution in [-0.4, -0.2) is 47.0 Å². The molecule has 0 aliphatic carbocycles. The molecule has 0 bridgehead atoms. The number of esters is 1. The third-order valence-corrected chi connectivity index (χ3v) is 6.24. The lowest BCUT2D eigenvalue weighted by molar-refractivity contribution is -0.166. The monoisotopic (exact) mass is 459 g/mol. The van der Waals surface area contributed by atoms with E-state index in [-0.39, 0.29) is 40.6 Å². The third kappa shape index (κ3) is 4.22. The smallest absolute Gasteiger partial charge is 0.341 e. The van der Waals surface area contributed by atoms with Crippen molar-refractivity contribution in [2.75, 3.05) is 6.54 Å². The number of phenolic OH excluding ortho intramolecular Hbond substituents is 1. The molecule has 0 radical (unpaired) electrons. The van der Waals surface area contributed by atoms with Gasteiger partial charge >= 0.3 is 5.97 Å². The average molecular weight is 459 g/mol. The van der Waals surface area contributed by atoms with Gasteiger partial charge in [-0.2, -0.15) is 0 Å². The zero-order chi connectivity index (χ0) is 24.1. The summed E-state index contributed by atoms with van der Waals surface area (Å²) in [5, 5.41) is 10.9. The number of fused-ring (bicyclic) bond motifs is 2. The number of aliphatic imine (C=N–C) groups is 1. The van der Waals surface area contributed by atoms with Gasteiger partial charge in [-0.3, -0.25) is 9.79 Å². The summed E-state index contributed by atoms with van der Waals surface area (Å²) in [6, 6.07) is 2.91. The summed E-state index contributed by atoms with van der Waals surface area (Å²) in [5.74, 6) is 0.114. The molecule has 2 aliphatic heterocycles. The molecule has 33 heavy (non-hydrogen) atoms. The van der Waals surface area contributed by atoms with Crippen LogP contribution in [0.4, 0.5) is 0 Å². The van der Waals surface area contributed by atoms with Crippen LogP contribution >= 0.6 is 0 Å². The van der Waals surface area contributed by atoms with E-state index in [2.05, 4.69) is 4.99 Å². The molecule has 10 nitrogen and oxygen atoms in total. The van der Waals surface area contributed by atoms with Crippen molar-refractivity contribution >= 4 is 22.9 Å². The lowest BCUT2D eigenvalue weighted by Gasteiger charge is -2.39. The predicted octanol–water partition coefficient (Wildman–Crippen LogP) is 1.64. The fourth-order valence-corrected chi connectivity index (χ4v) is 4.20. The zero-order valence-corrected chi connectivity index (χ0v) is 19.1. The normalized spacial score (nSPS) is 25.1. The van der Waals surface area contributed by atoms with Crippen LogP contribution in [-0.2, 0) is 20.7 Å². The molecular weight excluding hydrogens is 430 g/mol. The topological polar surface area (TPSA) is 163 Å². The number of phenols is 1. The number of nitrogens with two attached hydrogens (primary N) is 2. The highest BCUT2D eigenvalue weighted by Crippen LogP contribution is 2.45. The van der Waals surface area contributed by atoms with Crippen LogP contribution in [0.3, 0.4) is 0 Å². The fourth-order valence-electron chi connectivity index (χ4n) is 4.20. The molecule has 4 rings (SSSR count). The van der Waals surface area contributed by atoms with Crippen LogP contribution in [0.25, 0.3) is 11.0 Å². The van der Waals surface area contributed by atoms with Crippen LogP contribution in [0, 0.1) is 6.92 Å². The molecule has 1 aromatic heterocycles. The molecule has 0 saturated carbocycles. The highest BCUT2D eigenvalue weighted by atomic mass is 16.7. The summed E-state index contributed by atoms with van der Waals surface area (Å²) in [7, 11) is 0. The number of aromatic hydroxyl groups is 1. The zero-order valence-electron chi connectivity index (χ0n) is 19.1. The van der Waals surface area contributed by atoms with Gasteiger partial charge in [0.15, 0.2) is 17.0 Å². The molecule has 10 heteroatoms. The van der Waals surface area contributed by atoms with Gasteiger partial charge in [0.05, 0.1) is 6.10 Å². The van der Waals surface area contributed by atoms with Crippen molar-refractivity contribution in [3.05, 3.63) is 33.7 Å². The second kappa shape index (κ2) is 7.95. The SMILES string of the molecule is Cc1cc(=O)c2c(O)c3c(cc2o1)OC(C)(C)[C@H](OC(=O)[C@@]1(C)O[C@@H]1CCCN=C(N)N)C3. The van der Waals surface area contributed by atoms with Crippen LogP contribution < -0.4 is 21.6 Å². The molecular formula is C23H29N3O7. The summed E-state index contributed by atoms with van der Waals surface area (Å²) in [4.78, 5) is 29.3. The third-order valence-electron chi connectivity index (χ3n) is 6.24. The summed E-state index contributed by atoms with van der Waals surface area (Å²) in [6.07, 6.45) is 0.456. The van der Waals surface area contributed by atoms with Gasteiger partial charge in [-0.15, -0.1) is 0 Å². The first-order valence-electron chi connectivity index (χ1n) is 10.8. The predicted molar refractivity (Wildman–Crippen MR) is 120 cm³/mol. The summed E-state index contributed by atoms with van der Waals surface area (Å²) >= 11 is 0. The molecule has 0 spiro atoms. The average Bonchev–Trinajstić information content (AvgIpc) is 3.36. The van der Waals surface area contributed by atoms with Gasteiger partial charge in [-0.05, 0) is 40.5 Å². The minimum atomic E-state index is -1.06. The number of guanidine groups is 1. The van der Waals surface area contributed by atoms with Crippen LogP contribution in [0.5, 0.6) is 11.5 Å². The van der Waals surface area contributed by atoms with Crippen molar-refractivity contribution in [1.29, 1.82) is 0 Å². The van der Waals surface area contributed by atoms with E-state index in [1.807, 2.05) is 0 Å². The fraction of sp³-hybridized carbons (Fsp3) is 0.522. The molecule has 1 aromatic carbocycles. The van der Waals surface area contributed by atoms with Crippen molar-refractivity contribution in [2.45, 2.75) is 70.4 Å². The number of epoxide rings is 1. The molecule has 178 valence electrons. The molecule has 2 aromatic rings. The Balaban J connectivity index is 1.52. The lowest BCUT2D eigenvalue weighted by Crippen LogP contribution is -2.50. The highest BCUT2D eigenvalue weighted by molar-refractivity contribution is 5.87. The van der Waals surface area contributed by atoms with Gasteiger partial charge in [0.1, 0.15) is 39.9 Å². The maximum atomic E-state index is 12.9. The van der Waals surface area contributed by atoms with Crippen molar-refractivity contribution in [2.24, 2.45) is 16.5 Å². The number of nitrogens with zero attached hydrogens (tertiary/aromatic N) is 1. The first-order chi connectivity index (χ1) is 15.4. The second-order valence-electron chi connectivity index (χ2n) is 9.26. The van der Waals surface area contributed by atoms with E-state index in [0.717, 1.165) is 0 Å². The molecule has 0 amide bonds. The van der Waals surface area contributed by atoms with Gasteiger partial charge < -0.3 is 35.2 Å². The Bertz CT molecular complexity index is 1200. The molecule has 0 unspecified atom stereocenters. The number of rotatable bonds is 6. The number of carbonyl (C=O) groups excluding carboxylic acids is 1. The molecule has 1 fully saturated rings. The van der Waals surface area contributed by atoms with E-state index in [4.69, 9.17) is 30.1 Å². The summed E-state index contributed by atoms with van der Waals surface area (Å²) in [6.45, 7) is 7.39. The Hall–Kier alpha value is -3.27. The van der Waals surface area contributed by atoms with E-state index in [9.17, 15) is 14.7 Å². The quantitative estimate of drug-likeness (QED) is 0.192. The Morgan fingerprint density at radius 3 is 2.73 bits per heavy atom. The van der Waals surface area contributed by atoms with Crippen molar-refractivity contribution in [3.63, 3.8) is 0 Å². The molecule has 2 aliphatic rings. The molecule has 5 N–H and O–H groups in total. The Morgan fingerprint density at radius 1 is 1.30 bits per heavy atom. The standard InChI is InChI=1S/C23H29N3O7/c1-11-8-13(27)18-15(30-11)10-14-12(19(18)28)9-17(22(2,3)32-14)31-20(29)23(4)16(33-23)6-5-7-26-21(24)25/h8,10,16-17,28H,5-7,9H2,1-4H3,(H4,24,25,26)/t16-,17-,23+/m1/s1. The van der Waals surface area contributed by atoms with E-state index in [1.54, 1.807) is 33.8 Å². The van der Waals surface area contributed by atoms with Crippen molar-refractivity contribution < 1.29 is 28.5 Å². The number of ether oxygens (including phenoxy) is 3. The van der Waals surface area contributed by atoms with E-state index in [0.29, 0.717) is 36.5 Å². The Morgan fingerprint density at radius 2 is 2.03 bits per heavy atom.